The third-order valence-corrected chi connectivity index (χ3v) is 4.00. The molecule has 0 aliphatic rings. The van der Waals surface area contributed by atoms with Gasteiger partial charge < -0.3 is 19.7 Å². The minimum Gasteiger partial charge on any atom is -0.493 e. The van der Waals surface area contributed by atoms with E-state index in [1.54, 1.807) is 24.3 Å². The predicted molar refractivity (Wildman–Crippen MR) is 105 cm³/mol. The highest BCUT2D eigenvalue weighted by atomic mass is 19.1. The fourth-order valence-electron chi connectivity index (χ4n) is 2.52. The molecule has 1 N–H and O–H groups in total. The third-order valence-electron chi connectivity index (χ3n) is 4.00. The molecule has 0 saturated carbocycles. The van der Waals surface area contributed by atoms with Crippen LogP contribution in [-0.2, 0) is 4.79 Å². The fraction of sp³-hybridized carbons (Fsp3) is 0.333. The molecule has 0 atom stereocenters. The number of hydrogen-bond acceptors (Lipinski definition) is 4. The van der Waals surface area contributed by atoms with Crippen LogP contribution in [0.5, 0.6) is 11.5 Å². The number of likely N-dealkylation sites (N-methyl/N-ethyl adjacent to an activating group) is 1. The lowest BCUT2D eigenvalue weighted by molar-refractivity contribution is -0.116. The smallest absolute Gasteiger partial charge is 0.254 e. The second kappa shape index (κ2) is 10.3. The molecule has 2 aromatic carbocycles. The van der Waals surface area contributed by atoms with Crippen molar-refractivity contribution in [1.82, 2.24) is 4.90 Å². The summed E-state index contributed by atoms with van der Waals surface area (Å²) in [7, 11) is 3.03. The van der Waals surface area contributed by atoms with Gasteiger partial charge in [-0.1, -0.05) is 19.4 Å². The standard InChI is InChI=1S/C21H25FN2O4/c1-4-5-11-28-18-10-9-15(12-19(18)27-3)21(26)24(2)14-20(25)23-17-8-6-7-16(22)13-17/h6-10,12-13H,4-5,11,14H2,1-3H3,(H,23,25). The zero-order valence-corrected chi connectivity index (χ0v) is 16.3. The van der Waals surface area contributed by atoms with Crippen LogP contribution in [0.3, 0.4) is 0 Å². The molecular weight excluding hydrogens is 363 g/mol. The molecule has 0 unspecified atom stereocenters. The fourth-order valence-corrected chi connectivity index (χ4v) is 2.52. The van der Waals surface area contributed by atoms with E-state index in [0.29, 0.717) is 29.4 Å². The van der Waals surface area contributed by atoms with Gasteiger partial charge in [-0.25, -0.2) is 4.39 Å². The molecule has 0 bridgehead atoms. The highest BCUT2D eigenvalue weighted by Crippen LogP contribution is 2.28. The number of rotatable bonds is 9. The zero-order valence-electron chi connectivity index (χ0n) is 16.3. The van der Waals surface area contributed by atoms with Gasteiger partial charge in [0.15, 0.2) is 11.5 Å². The van der Waals surface area contributed by atoms with Crippen molar-refractivity contribution in [1.29, 1.82) is 0 Å². The van der Waals surface area contributed by atoms with Crippen molar-refractivity contribution in [3.05, 3.63) is 53.8 Å². The number of hydrogen-bond donors (Lipinski definition) is 1. The van der Waals surface area contributed by atoms with Gasteiger partial charge >= 0.3 is 0 Å². The Hall–Kier alpha value is -3.09. The Bertz CT molecular complexity index is 826. The molecule has 150 valence electrons. The maximum absolute atomic E-state index is 13.2. The summed E-state index contributed by atoms with van der Waals surface area (Å²) in [6.45, 7) is 2.47. The van der Waals surface area contributed by atoms with Crippen LogP contribution in [0.15, 0.2) is 42.5 Å². The van der Waals surface area contributed by atoms with Gasteiger partial charge in [-0.3, -0.25) is 9.59 Å². The lowest BCUT2D eigenvalue weighted by atomic mass is 10.1. The van der Waals surface area contributed by atoms with Gasteiger partial charge in [0.25, 0.3) is 5.91 Å². The monoisotopic (exact) mass is 388 g/mol. The van der Waals surface area contributed by atoms with Crippen LogP contribution in [0.1, 0.15) is 30.1 Å². The van der Waals surface area contributed by atoms with Crippen LogP contribution < -0.4 is 14.8 Å². The zero-order chi connectivity index (χ0) is 20.5. The SMILES string of the molecule is CCCCOc1ccc(C(=O)N(C)CC(=O)Nc2cccc(F)c2)cc1OC. The van der Waals surface area contributed by atoms with Crippen molar-refractivity contribution >= 4 is 17.5 Å². The van der Waals surface area contributed by atoms with Crippen molar-refractivity contribution in [2.45, 2.75) is 19.8 Å². The first-order valence-corrected chi connectivity index (χ1v) is 9.06. The summed E-state index contributed by atoms with van der Waals surface area (Å²) in [6.07, 6.45) is 1.94. The minimum atomic E-state index is -0.449. The number of halogens is 1. The van der Waals surface area contributed by atoms with Gasteiger partial charge in [0, 0.05) is 18.3 Å². The number of amides is 2. The van der Waals surface area contributed by atoms with Crippen LogP contribution in [0, 0.1) is 5.82 Å². The molecule has 0 aliphatic carbocycles. The van der Waals surface area contributed by atoms with Crippen molar-refractivity contribution < 1.29 is 23.5 Å². The lowest BCUT2D eigenvalue weighted by Gasteiger charge is -2.18. The summed E-state index contributed by atoms with van der Waals surface area (Å²) in [6, 6.07) is 10.5. The predicted octanol–water partition coefficient (Wildman–Crippen LogP) is 3.72. The topological polar surface area (TPSA) is 67.9 Å². The van der Waals surface area contributed by atoms with Gasteiger partial charge in [0.05, 0.1) is 20.3 Å². The maximum Gasteiger partial charge on any atom is 0.254 e. The number of ether oxygens (including phenoxy) is 2. The summed E-state index contributed by atoms with van der Waals surface area (Å²) < 4.78 is 24.2. The first kappa shape index (κ1) is 21.2. The Morgan fingerprint density at radius 3 is 2.61 bits per heavy atom. The van der Waals surface area contributed by atoms with Gasteiger partial charge in [0.2, 0.25) is 5.91 Å². The summed E-state index contributed by atoms with van der Waals surface area (Å²) in [4.78, 5) is 26.0. The van der Waals surface area contributed by atoms with Crippen LogP contribution in [-0.4, -0.2) is 44.0 Å². The summed E-state index contributed by atoms with van der Waals surface area (Å²) in [5.74, 6) is -0.185. The van der Waals surface area contributed by atoms with E-state index in [9.17, 15) is 14.0 Å². The van der Waals surface area contributed by atoms with E-state index in [1.165, 1.54) is 37.3 Å². The summed E-state index contributed by atoms with van der Waals surface area (Å²) >= 11 is 0. The molecule has 2 rings (SSSR count). The molecular formula is C21H25FN2O4. The number of nitrogens with one attached hydrogen (secondary N) is 1. The average Bonchev–Trinajstić information content (AvgIpc) is 2.67. The lowest BCUT2D eigenvalue weighted by Crippen LogP contribution is -2.34. The largest absolute Gasteiger partial charge is 0.493 e. The number of carbonyl (C=O) groups is 2. The number of nitrogens with zero attached hydrogens (tertiary/aromatic N) is 1. The first-order chi connectivity index (χ1) is 13.4. The van der Waals surface area contributed by atoms with E-state index in [-0.39, 0.29) is 12.5 Å². The summed E-state index contributed by atoms with van der Waals surface area (Å²) in [5.41, 5.74) is 0.710. The molecule has 6 nitrogen and oxygen atoms in total. The van der Waals surface area contributed by atoms with Gasteiger partial charge in [-0.15, -0.1) is 0 Å². The van der Waals surface area contributed by atoms with Crippen LogP contribution >= 0.6 is 0 Å². The molecule has 0 aromatic heterocycles. The van der Waals surface area contributed by atoms with Crippen LogP contribution in [0.2, 0.25) is 0 Å². The Balaban J connectivity index is 2.00. The minimum absolute atomic E-state index is 0.174. The number of methoxy groups -OCH3 is 1. The second-order valence-electron chi connectivity index (χ2n) is 6.29. The molecule has 0 heterocycles. The quantitative estimate of drug-likeness (QED) is 0.665. The first-order valence-electron chi connectivity index (χ1n) is 9.06. The molecule has 0 fully saturated rings. The van der Waals surface area contributed by atoms with Crippen LogP contribution in [0.25, 0.3) is 0 Å². The second-order valence-corrected chi connectivity index (χ2v) is 6.29. The van der Waals surface area contributed by atoms with Gasteiger partial charge in [-0.2, -0.15) is 0 Å². The molecule has 28 heavy (non-hydrogen) atoms. The molecule has 0 saturated heterocycles. The molecule has 0 aliphatic heterocycles. The molecule has 7 heteroatoms. The Labute approximate surface area is 164 Å². The van der Waals surface area contributed by atoms with Crippen molar-refractivity contribution in [2.75, 3.05) is 32.6 Å². The maximum atomic E-state index is 13.2. The molecule has 2 amide bonds. The number of anilines is 1. The highest BCUT2D eigenvalue weighted by Gasteiger charge is 2.17. The van der Waals surface area contributed by atoms with Gasteiger partial charge in [0.1, 0.15) is 5.82 Å². The van der Waals surface area contributed by atoms with Crippen molar-refractivity contribution in [3.8, 4) is 11.5 Å². The van der Waals surface area contributed by atoms with E-state index < -0.39 is 11.7 Å². The van der Waals surface area contributed by atoms with E-state index in [2.05, 4.69) is 12.2 Å². The summed E-state index contributed by atoms with van der Waals surface area (Å²) in [5, 5.41) is 2.56. The molecule has 0 spiro atoms. The van der Waals surface area contributed by atoms with Crippen LogP contribution in [0.4, 0.5) is 10.1 Å². The van der Waals surface area contributed by atoms with E-state index in [0.717, 1.165) is 12.8 Å². The van der Waals surface area contributed by atoms with E-state index in [1.807, 2.05) is 0 Å². The number of carbonyl (C=O) groups excluding carboxylic acids is 2. The Morgan fingerprint density at radius 1 is 1.14 bits per heavy atom. The van der Waals surface area contributed by atoms with Gasteiger partial charge in [-0.05, 0) is 42.8 Å². The number of benzene rings is 2. The van der Waals surface area contributed by atoms with E-state index in [4.69, 9.17) is 9.47 Å². The highest BCUT2D eigenvalue weighted by molar-refractivity contribution is 5.99. The van der Waals surface area contributed by atoms with Crippen molar-refractivity contribution in [2.24, 2.45) is 0 Å². The Kier molecular flexibility index (Phi) is 7.80. The third kappa shape index (κ3) is 5.97. The number of unbranched alkanes of at least 4 members (excludes halogenated alkanes) is 1. The normalized spacial score (nSPS) is 10.3. The van der Waals surface area contributed by atoms with Crippen molar-refractivity contribution in [3.63, 3.8) is 0 Å². The molecule has 2 aromatic rings. The molecule has 0 radical (unpaired) electrons. The average molecular weight is 388 g/mol. The van der Waals surface area contributed by atoms with E-state index >= 15 is 0 Å². The Morgan fingerprint density at radius 2 is 1.93 bits per heavy atom.